The molecule has 2 nitrogen and oxygen atoms in total. The molecule has 1 aliphatic rings. The van der Waals surface area contributed by atoms with Gasteiger partial charge in [-0.25, -0.2) is 0 Å². The van der Waals surface area contributed by atoms with Crippen LogP contribution in [0.25, 0.3) is 0 Å². The van der Waals surface area contributed by atoms with Gasteiger partial charge in [0.1, 0.15) is 0 Å². The van der Waals surface area contributed by atoms with E-state index in [1.54, 1.807) is 0 Å². The Hall–Kier alpha value is -0.860. The molecule has 0 aliphatic carbocycles. The number of hydrogen-bond acceptors (Lipinski definition) is 2. The molecule has 2 atom stereocenters. The minimum atomic E-state index is 0.245. The van der Waals surface area contributed by atoms with Gasteiger partial charge >= 0.3 is 0 Å². The highest BCUT2D eigenvalue weighted by atomic mass is 15.2. The summed E-state index contributed by atoms with van der Waals surface area (Å²) < 4.78 is 0. The fraction of sp³-hybridized carbons (Fsp3) is 0.625. The lowest BCUT2D eigenvalue weighted by Crippen LogP contribution is -2.55. The number of hydrogen-bond donors (Lipinski definition) is 1. The van der Waals surface area contributed by atoms with E-state index < -0.39 is 0 Å². The highest BCUT2D eigenvalue weighted by Crippen LogP contribution is 2.25. The van der Waals surface area contributed by atoms with Crippen LogP contribution in [0.15, 0.2) is 30.3 Å². The second kappa shape index (κ2) is 5.41. The molecular formula is C16H26N2. The molecule has 0 aromatic heterocycles. The van der Waals surface area contributed by atoms with E-state index in [0.717, 1.165) is 13.0 Å². The van der Waals surface area contributed by atoms with Crippen molar-refractivity contribution in [1.82, 2.24) is 4.90 Å². The number of nitrogens with two attached hydrogens (primary N) is 1. The number of nitrogens with zero attached hydrogens (tertiary/aromatic N) is 1. The molecule has 100 valence electrons. The van der Waals surface area contributed by atoms with Crippen LogP contribution in [0.5, 0.6) is 0 Å². The van der Waals surface area contributed by atoms with Crippen LogP contribution in [-0.2, 0) is 6.42 Å². The molecule has 0 amide bonds. The van der Waals surface area contributed by atoms with E-state index in [9.17, 15) is 0 Å². The predicted octanol–water partition coefficient (Wildman–Crippen LogP) is 2.68. The molecule has 2 heteroatoms. The zero-order valence-corrected chi connectivity index (χ0v) is 11.9. The molecule has 1 aromatic rings. The Bertz CT molecular complexity index is 366. The van der Waals surface area contributed by atoms with Crippen LogP contribution in [0.4, 0.5) is 0 Å². The Morgan fingerprint density at radius 1 is 1.22 bits per heavy atom. The SMILES string of the molecule is CC(C)(C)N1CC[C@H](Cc2ccccc2)[C@@H](N)C1. The number of likely N-dealkylation sites (tertiary alicyclic amines) is 1. The second-order valence-corrected chi connectivity index (χ2v) is 6.52. The monoisotopic (exact) mass is 246 g/mol. The summed E-state index contributed by atoms with van der Waals surface area (Å²) >= 11 is 0. The van der Waals surface area contributed by atoms with Gasteiger partial charge in [0.25, 0.3) is 0 Å². The van der Waals surface area contributed by atoms with Crippen LogP contribution in [0.2, 0.25) is 0 Å². The summed E-state index contributed by atoms with van der Waals surface area (Å²) in [4.78, 5) is 2.51. The maximum absolute atomic E-state index is 6.37. The first-order valence-corrected chi connectivity index (χ1v) is 7.01. The van der Waals surface area contributed by atoms with E-state index >= 15 is 0 Å². The molecule has 0 radical (unpaired) electrons. The summed E-state index contributed by atoms with van der Waals surface area (Å²) in [7, 11) is 0. The fourth-order valence-corrected chi connectivity index (χ4v) is 2.81. The Morgan fingerprint density at radius 3 is 2.44 bits per heavy atom. The molecule has 1 aliphatic heterocycles. The molecule has 0 saturated carbocycles. The van der Waals surface area contributed by atoms with Gasteiger partial charge < -0.3 is 5.73 Å². The van der Waals surface area contributed by atoms with Crippen molar-refractivity contribution >= 4 is 0 Å². The first-order chi connectivity index (χ1) is 8.47. The van der Waals surface area contributed by atoms with Crippen LogP contribution in [0.3, 0.4) is 0 Å². The number of piperidine rings is 1. The minimum absolute atomic E-state index is 0.245. The smallest absolute Gasteiger partial charge is 0.0200 e. The van der Waals surface area contributed by atoms with Gasteiger partial charge in [-0.3, -0.25) is 4.90 Å². The molecule has 2 rings (SSSR count). The summed E-state index contributed by atoms with van der Waals surface area (Å²) in [5.41, 5.74) is 8.04. The van der Waals surface area contributed by atoms with E-state index in [1.807, 2.05) is 0 Å². The Kier molecular flexibility index (Phi) is 4.08. The van der Waals surface area contributed by atoms with Gasteiger partial charge in [0.05, 0.1) is 0 Å². The van der Waals surface area contributed by atoms with E-state index in [-0.39, 0.29) is 5.54 Å². The normalized spacial score (nSPS) is 26.2. The largest absolute Gasteiger partial charge is 0.326 e. The summed E-state index contributed by atoms with van der Waals surface area (Å²) in [6.07, 6.45) is 2.34. The van der Waals surface area contributed by atoms with Gasteiger partial charge in [-0.05, 0) is 51.6 Å². The third-order valence-electron chi connectivity index (χ3n) is 4.10. The molecule has 18 heavy (non-hydrogen) atoms. The van der Waals surface area contributed by atoms with Crippen LogP contribution in [0.1, 0.15) is 32.8 Å². The van der Waals surface area contributed by atoms with Crippen molar-refractivity contribution < 1.29 is 0 Å². The van der Waals surface area contributed by atoms with Gasteiger partial charge in [0.15, 0.2) is 0 Å². The van der Waals surface area contributed by atoms with E-state index in [0.29, 0.717) is 12.0 Å². The second-order valence-electron chi connectivity index (χ2n) is 6.52. The highest BCUT2D eigenvalue weighted by molar-refractivity contribution is 5.16. The maximum atomic E-state index is 6.37. The van der Waals surface area contributed by atoms with Crippen molar-refractivity contribution in [3.8, 4) is 0 Å². The first kappa shape index (κ1) is 13.6. The van der Waals surface area contributed by atoms with Gasteiger partial charge in [-0.15, -0.1) is 0 Å². The predicted molar refractivity (Wildman–Crippen MR) is 77.6 cm³/mol. The van der Waals surface area contributed by atoms with Crippen molar-refractivity contribution in [2.24, 2.45) is 11.7 Å². The summed E-state index contributed by atoms with van der Waals surface area (Å²) in [6, 6.07) is 11.0. The van der Waals surface area contributed by atoms with Gasteiger partial charge in [-0.1, -0.05) is 30.3 Å². The van der Waals surface area contributed by atoms with Crippen molar-refractivity contribution in [1.29, 1.82) is 0 Å². The third kappa shape index (κ3) is 3.33. The van der Waals surface area contributed by atoms with E-state index in [2.05, 4.69) is 56.0 Å². The average Bonchev–Trinajstić information content (AvgIpc) is 2.32. The summed E-state index contributed by atoms with van der Waals surface area (Å²) in [6.45, 7) is 9.03. The molecule has 0 spiro atoms. The van der Waals surface area contributed by atoms with Gasteiger partial charge in [0.2, 0.25) is 0 Å². The quantitative estimate of drug-likeness (QED) is 0.869. The number of benzene rings is 1. The van der Waals surface area contributed by atoms with Crippen molar-refractivity contribution in [3.05, 3.63) is 35.9 Å². The first-order valence-electron chi connectivity index (χ1n) is 7.01. The molecule has 2 N–H and O–H groups in total. The Labute approximate surface area is 111 Å². The number of rotatable bonds is 2. The lowest BCUT2D eigenvalue weighted by atomic mass is 9.85. The minimum Gasteiger partial charge on any atom is -0.326 e. The van der Waals surface area contributed by atoms with E-state index in [4.69, 9.17) is 5.73 Å². The molecule has 1 saturated heterocycles. The lowest BCUT2D eigenvalue weighted by molar-refractivity contribution is 0.0736. The van der Waals surface area contributed by atoms with Crippen LogP contribution in [-0.4, -0.2) is 29.6 Å². The van der Waals surface area contributed by atoms with E-state index in [1.165, 1.54) is 18.5 Å². The molecule has 1 fully saturated rings. The molecule has 1 aromatic carbocycles. The Balaban J connectivity index is 1.94. The standard InChI is InChI=1S/C16H26N2/c1-16(2,3)18-10-9-14(15(17)12-18)11-13-7-5-4-6-8-13/h4-8,14-15H,9-12,17H2,1-3H3/t14-,15+/m1/s1. The average molecular weight is 246 g/mol. The van der Waals surface area contributed by atoms with Crippen molar-refractivity contribution in [3.63, 3.8) is 0 Å². The summed E-state index contributed by atoms with van der Waals surface area (Å²) in [5, 5.41) is 0. The third-order valence-corrected chi connectivity index (χ3v) is 4.10. The maximum Gasteiger partial charge on any atom is 0.0200 e. The van der Waals surface area contributed by atoms with Crippen LogP contribution >= 0.6 is 0 Å². The van der Waals surface area contributed by atoms with Crippen molar-refractivity contribution in [2.45, 2.75) is 45.2 Å². The molecular weight excluding hydrogens is 220 g/mol. The van der Waals surface area contributed by atoms with Gasteiger partial charge in [-0.2, -0.15) is 0 Å². The lowest BCUT2D eigenvalue weighted by Gasteiger charge is -2.44. The summed E-state index contributed by atoms with van der Waals surface area (Å²) in [5.74, 6) is 0.631. The zero-order valence-electron chi connectivity index (χ0n) is 11.9. The topological polar surface area (TPSA) is 29.3 Å². The Morgan fingerprint density at radius 2 is 1.89 bits per heavy atom. The molecule has 0 unspecified atom stereocenters. The molecule has 0 bridgehead atoms. The van der Waals surface area contributed by atoms with Gasteiger partial charge in [0, 0.05) is 18.1 Å². The molecule has 1 heterocycles. The highest BCUT2D eigenvalue weighted by Gasteiger charge is 2.31. The van der Waals surface area contributed by atoms with Crippen molar-refractivity contribution in [2.75, 3.05) is 13.1 Å². The van der Waals surface area contributed by atoms with Crippen LogP contribution < -0.4 is 5.73 Å². The fourth-order valence-electron chi connectivity index (χ4n) is 2.81. The zero-order chi connectivity index (χ0) is 13.2. The van der Waals surface area contributed by atoms with Crippen LogP contribution in [0, 0.1) is 5.92 Å².